The number of nitriles is 1. The Morgan fingerprint density at radius 1 is 1.59 bits per heavy atom. The minimum Gasteiger partial charge on any atom is -0.492 e. The summed E-state index contributed by atoms with van der Waals surface area (Å²) in [6, 6.07) is 7.42. The van der Waals surface area contributed by atoms with Crippen molar-refractivity contribution in [1.29, 1.82) is 5.26 Å². The van der Waals surface area contributed by atoms with E-state index in [9.17, 15) is 15.2 Å². The van der Waals surface area contributed by atoms with Gasteiger partial charge in [0, 0.05) is 28.8 Å². The first-order valence-corrected chi connectivity index (χ1v) is 8.42. The van der Waals surface area contributed by atoms with E-state index in [0.29, 0.717) is 30.4 Å². The SMILES string of the molecule is CC(C)COc1ccc(N2CC(C)C=S2C(=O)O)cc1C#N. The number of hydrogen-bond acceptors (Lipinski definition) is 4. The second-order valence-electron chi connectivity index (χ2n) is 5.75. The molecule has 118 valence electrons. The minimum atomic E-state index is -0.951. The predicted octanol–water partition coefficient (Wildman–Crippen LogP) is 3.71. The van der Waals surface area contributed by atoms with Gasteiger partial charge in [-0.25, -0.2) is 4.79 Å². The van der Waals surface area contributed by atoms with Crippen LogP contribution in [-0.4, -0.2) is 28.9 Å². The van der Waals surface area contributed by atoms with Crippen molar-refractivity contribution < 1.29 is 14.6 Å². The Labute approximate surface area is 133 Å². The van der Waals surface area contributed by atoms with Gasteiger partial charge >= 0.3 is 5.30 Å². The van der Waals surface area contributed by atoms with E-state index >= 15 is 0 Å². The maximum atomic E-state index is 11.4. The van der Waals surface area contributed by atoms with Gasteiger partial charge in [-0.3, -0.25) is 0 Å². The molecule has 0 saturated heterocycles. The molecule has 1 aliphatic rings. The van der Waals surface area contributed by atoms with Gasteiger partial charge in [0.2, 0.25) is 0 Å². The maximum Gasteiger partial charge on any atom is 0.377 e. The van der Waals surface area contributed by atoms with Gasteiger partial charge in [0.25, 0.3) is 0 Å². The molecule has 0 saturated carbocycles. The zero-order valence-electron chi connectivity index (χ0n) is 12.9. The summed E-state index contributed by atoms with van der Waals surface area (Å²) in [6.45, 7) is 7.27. The van der Waals surface area contributed by atoms with Gasteiger partial charge in [-0.1, -0.05) is 20.8 Å². The number of rotatable bonds is 4. The van der Waals surface area contributed by atoms with Gasteiger partial charge in [-0.15, -0.1) is 0 Å². The standard InChI is InChI=1S/C16H20N2O3S/c1-11(2)9-21-15-5-4-14(6-13(15)7-17)18-8-12(3)10-22(18)16(19)20/h4-6,10-12H,8-9H2,1-3H3,(H,19,20). The van der Waals surface area contributed by atoms with Crippen LogP contribution in [0.25, 0.3) is 0 Å². The fourth-order valence-corrected chi connectivity index (χ4v) is 3.91. The predicted molar refractivity (Wildman–Crippen MR) is 89.7 cm³/mol. The van der Waals surface area contributed by atoms with Gasteiger partial charge in [-0.2, -0.15) is 5.26 Å². The van der Waals surface area contributed by atoms with E-state index in [4.69, 9.17) is 4.74 Å². The van der Waals surface area contributed by atoms with Crippen LogP contribution >= 0.6 is 10.7 Å². The first kappa shape index (κ1) is 16.4. The first-order chi connectivity index (χ1) is 10.4. The molecule has 1 aromatic rings. The number of benzene rings is 1. The van der Waals surface area contributed by atoms with E-state index in [2.05, 4.69) is 6.07 Å². The molecule has 2 atom stereocenters. The molecule has 22 heavy (non-hydrogen) atoms. The Morgan fingerprint density at radius 3 is 2.91 bits per heavy atom. The van der Waals surface area contributed by atoms with Crippen LogP contribution in [0.5, 0.6) is 5.75 Å². The van der Waals surface area contributed by atoms with Crippen molar-refractivity contribution in [3.63, 3.8) is 0 Å². The van der Waals surface area contributed by atoms with Gasteiger partial charge in [0.05, 0.1) is 12.2 Å². The summed E-state index contributed by atoms with van der Waals surface area (Å²) < 4.78 is 7.47. The van der Waals surface area contributed by atoms with Crippen LogP contribution in [0.1, 0.15) is 26.3 Å². The van der Waals surface area contributed by atoms with Gasteiger partial charge in [0.15, 0.2) is 0 Å². The second kappa shape index (κ2) is 6.84. The molecule has 1 aliphatic heterocycles. The normalized spacial score (nSPS) is 20.6. The summed E-state index contributed by atoms with van der Waals surface area (Å²) in [5.41, 5.74) is 1.19. The van der Waals surface area contributed by atoms with Crippen molar-refractivity contribution in [2.75, 3.05) is 17.5 Å². The molecule has 0 radical (unpaired) electrons. The number of carboxylic acid groups (broad SMARTS) is 1. The highest BCUT2D eigenvalue weighted by atomic mass is 32.2. The zero-order valence-corrected chi connectivity index (χ0v) is 13.8. The van der Waals surface area contributed by atoms with Crippen LogP contribution < -0.4 is 9.04 Å². The summed E-state index contributed by atoms with van der Waals surface area (Å²) in [5, 5.41) is 19.6. The van der Waals surface area contributed by atoms with E-state index in [0.717, 1.165) is 5.69 Å². The quantitative estimate of drug-likeness (QED) is 0.856. The lowest BCUT2D eigenvalue weighted by Crippen LogP contribution is -2.18. The molecule has 0 aromatic heterocycles. The summed E-state index contributed by atoms with van der Waals surface area (Å²) in [4.78, 5) is 11.4. The molecule has 1 N–H and O–H groups in total. The first-order valence-electron chi connectivity index (χ1n) is 7.18. The molecule has 0 bridgehead atoms. The van der Waals surface area contributed by atoms with Gasteiger partial charge in [0.1, 0.15) is 11.8 Å². The third kappa shape index (κ3) is 3.60. The third-order valence-electron chi connectivity index (χ3n) is 3.18. The summed E-state index contributed by atoms with van der Waals surface area (Å²) in [5.74, 6) is 1.13. The number of carbonyl (C=O) groups is 1. The van der Waals surface area contributed by atoms with Crippen molar-refractivity contribution in [3.8, 4) is 11.8 Å². The summed E-state index contributed by atoms with van der Waals surface area (Å²) in [7, 11) is -0.951. The van der Waals surface area contributed by atoms with Crippen molar-refractivity contribution in [1.82, 2.24) is 0 Å². The molecule has 0 spiro atoms. The zero-order chi connectivity index (χ0) is 16.3. The highest BCUT2D eigenvalue weighted by Crippen LogP contribution is 2.36. The molecule has 2 rings (SSSR count). The largest absolute Gasteiger partial charge is 0.492 e. The highest BCUT2D eigenvalue weighted by molar-refractivity contribution is 8.28. The van der Waals surface area contributed by atoms with Crippen molar-refractivity contribution in [2.45, 2.75) is 20.8 Å². The van der Waals surface area contributed by atoms with E-state index in [1.165, 1.54) is 0 Å². The average molecular weight is 320 g/mol. The molecule has 1 heterocycles. The molecule has 5 nitrogen and oxygen atoms in total. The Morgan fingerprint density at radius 2 is 2.32 bits per heavy atom. The van der Waals surface area contributed by atoms with Crippen LogP contribution in [0.3, 0.4) is 0 Å². The van der Waals surface area contributed by atoms with Crippen molar-refractivity contribution >= 4 is 27.0 Å². The maximum absolute atomic E-state index is 11.4. The molecule has 1 aromatic carbocycles. The Hall–Kier alpha value is -2.00. The summed E-state index contributed by atoms with van der Waals surface area (Å²) >= 11 is 0. The van der Waals surface area contributed by atoms with E-state index in [-0.39, 0.29) is 5.92 Å². The molecule has 0 amide bonds. The average Bonchev–Trinajstić information content (AvgIpc) is 2.87. The number of hydrogen-bond donors (Lipinski definition) is 1. The van der Waals surface area contributed by atoms with Crippen molar-refractivity contribution in [2.24, 2.45) is 11.8 Å². The topological polar surface area (TPSA) is 73.6 Å². The number of anilines is 1. The molecule has 6 heteroatoms. The van der Waals surface area contributed by atoms with Crippen molar-refractivity contribution in [3.05, 3.63) is 23.8 Å². The van der Waals surface area contributed by atoms with E-state index < -0.39 is 16.0 Å². The smallest absolute Gasteiger partial charge is 0.377 e. The Balaban J connectivity index is 2.28. The molecular weight excluding hydrogens is 300 g/mol. The molecule has 2 unspecified atom stereocenters. The van der Waals surface area contributed by atoms with Crippen LogP contribution in [0.4, 0.5) is 10.5 Å². The Bertz CT molecular complexity index is 649. The van der Waals surface area contributed by atoms with Gasteiger partial charge < -0.3 is 14.1 Å². The fourth-order valence-electron chi connectivity index (χ4n) is 2.19. The lowest BCUT2D eigenvalue weighted by Gasteiger charge is -2.22. The fraction of sp³-hybridized carbons (Fsp3) is 0.438. The highest BCUT2D eigenvalue weighted by Gasteiger charge is 2.26. The monoisotopic (exact) mass is 320 g/mol. The van der Waals surface area contributed by atoms with Crippen LogP contribution in [-0.2, 0) is 0 Å². The number of nitrogens with zero attached hydrogens (tertiary/aromatic N) is 2. The number of ether oxygens (including phenoxy) is 1. The summed E-state index contributed by atoms with van der Waals surface area (Å²) in [6.07, 6.45) is 0. The van der Waals surface area contributed by atoms with Crippen LogP contribution in [0.15, 0.2) is 18.2 Å². The molecular formula is C16H20N2O3S. The lowest BCUT2D eigenvalue weighted by molar-refractivity contribution is 0.222. The molecule has 0 fully saturated rings. The van der Waals surface area contributed by atoms with Crippen LogP contribution in [0, 0.1) is 23.2 Å². The van der Waals surface area contributed by atoms with Gasteiger partial charge in [-0.05, 0) is 29.5 Å². The molecule has 0 aliphatic carbocycles. The van der Waals surface area contributed by atoms with Crippen LogP contribution in [0.2, 0.25) is 0 Å². The minimum absolute atomic E-state index is 0.210. The Kier molecular flexibility index (Phi) is 5.09. The van der Waals surface area contributed by atoms with E-state index in [1.54, 1.807) is 12.1 Å². The lowest BCUT2D eigenvalue weighted by atomic mass is 10.1. The second-order valence-corrected chi connectivity index (χ2v) is 7.44. The third-order valence-corrected chi connectivity index (χ3v) is 5.09. The van der Waals surface area contributed by atoms with E-state index in [1.807, 2.05) is 36.5 Å².